The van der Waals surface area contributed by atoms with E-state index >= 15 is 0 Å². The lowest BCUT2D eigenvalue weighted by Crippen LogP contribution is -2.16. The molecular formula is C27H22ClF3N6O. The Morgan fingerprint density at radius 3 is 2.45 bits per heavy atom. The van der Waals surface area contributed by atoms with Crippen molar-refractivity contribution < 1.29 is 18.0 Å². The van der Waals surface area contributed by atoms with Crippen LogP contribution in [0.5, 0.6) is 0 Å². The van der Waals surface area contributed by atoms with Gasteiger partial charge in [-0.3, -0.25) is 9.48 Å². The highest BCUT2D eigenvalue weighted by Crippen LogP contribution is 2.33. The molecular weight excluding hydrogens is 517 g/mol. The molecule has 5 aromatic rings. The minimum Gasteiger partial charge on any atom is -0.304 e. The number of halogens is 4. The van der Waals surface area contributed by atoms with Crippen LogP contribution in [0.25, 0.3) is 16.9 Å². The summed E-state index contributed by atoms with van der Waals surface area (Å²) in [5.74, 6) is -0.401. The van der Waals surface area contributed by atoms with Crippen LogP contribution < -0.4 is 5.32 Å². The number of nitrogens with zero attached hydrogens (tertiary/aromatic N) is 5. The number of rotatable bonds is 6. The maximum Gasteiger partial charge on any atom is 0.433 e. The normalized spacial score (nSPS) is 11.9. The summed E-state index contributed by atoms with van der Waals surface area (Å²) in [6.07, 6.45) is -2.13. The minimum atomic E-state index is -4.73. The standard InChI is InChI=1S/C27H22ClF3N6O/c1-16(2)18-8-10-19(11-9-18)22-12-23(27(29,30)31)37-25(33-22)20(13-32-37)26(38)34-24-21(28)15-36(35-24)14-17-6-4-3-5-7-17/h3-13,15-16H,14H2,1-2H3,(H,34,35,38). The molecule has 3 aromatic heterocycles. The zero-order chi connectivity index (χ0) is 27.0. The van der Waals surface area contributed by atoms with Gasteiger partial charge in [-0.1, -0.05) is 80.0 Å². The SMILES string of the molecule is CC(C)c1ccc(-c2cc(C(F)(F)F)n3ncc(C(=O)Nc4nn(Cc5ccccc5)cc4Cl)c3n2)cc1. The van der Waals surface area contributed by atoms with E-state index in [0.717, 1.165) is 23.4 Å². The summed E-state index contributed by atoms with van der Waals surface area (Å²) < 4.78 is 44.0. The van der Waals surface area contributed by atoms with Gasteiger partial charge in [-0.05, 0) is 23.1 Å². The number of benzene rings is 2. The second-order valence-electron chi connectivity index (χ2n) is 9.06. The number of hydrogen-bond acceptors (Lipinski definition) is 4. The van der Waals surface area contributed by atoms with Crippen molar-refractivity contribution in [2.24, 2.45) is 0 Å². The van der Waals surface area contributed by atoms with Crippen LogP contribution in [0.15, 0.2) is 73.1 Å². The van der Waals surface area contributed by atoms with Gasteiger partial charge in [-0.15, -0.1) is 0 Å². The molecule has 0 fully saturated rings. The third-order valence-electron chi connectivity index (χ3n) is 6.02. The Balaban J connectivity index is 1.50. The van der Waals surface area contributed by atoms with Gasteiger partial charge in [-0.2, -0.15) is 23.4 Å². The van der Waals surface area contributed by atoms with Crippen LogP contribution in [0.3, 0.4) is 0 Å². The highest BCUT2D eigenvalue weighted by Gasteiger charge is 2.36. The molecule has 11 heteroatoms. The van der Waals surface area contributed by atoms with Gasteiger partial charge in [0.15, 0.2) is 17.2 Å². The number of hydrogen-bond donors (Lipinski definition) is 1. The first-order valence-corrected chi connectivity index (χ1v) is 12.1. The zero-order valence-electron chi connectivity index (χ0n) is 20.4. The maximum atomic E-state index is 14.0. The molecule has 0 radical (unpaired) electrons. The Hall–Kier alpha value is -4.18. The highest BCUT2D eigenvalue weighted by atomic mass is 35.5. The summed E-state index contributed by atoms with van der Waals surface area (Å²) in [7, 11) is 0. The molecule has 0 saturated heterocycles. The Labute approximate surface area is 220 Å². The molecule has 194 valence electrons. The van der Waals surface area contributed by atoms with E-state index in [2.05, 4.69) is 20.5 Å². The van der Waals surface area contributed by atoms with Gasteiger partial charge in [0.1, 0.15) is 10.6 Å². The number of amides is 1. The van der Waals surface area contributed by atoms with E-state index in [9.17, 15) is 18.0 Å². The average Bonchev–Trinajstić information content (AvgIpc) is 3.46. The molecule has 38 heavy (non-hydrogen) atoms. The van der Waals surface area contributed by atoms with E-state index in [-0.39, 0.29) is 33.7 Å². The van der Waals surface area contributed by atoms with Crippen LogP contribution in [0.2, 0.25) is 5.02 Å². The largest absolute Gasteiger partial charge is 0.433 e. The van der Waals surface area contributed by atoms with Crippen LogP contribution in [-0.4, -0.2) is 30.3 Å². The summed E-state index contributed by atoms with van der Waals surface area (Å²) in [5, 5.41) is 10.9. The Kier molecular flexibility index (Phi) is 6.66. The first-order chi connectivity index (χ1) is 18.1. The summed E-state index contributed by atoms with van der Waals surface area (Å²) in [6.45, 7) is 4.47. The molecule has 5 rings (SSSR count). The van der Waals surface area contributed by atoms with E-state index in [1.165, 1.54) is 0 Å². The highest BCUT2D eigenvalue weighted by molar-refractivity contribution is 6.33. The summed E-state index contributed by atoms with van der Waals surface area (Å²) in [5.41, 5.74) is 1.14. The molecule has 7 nitrogen and oxygen atoms in total. The topological polar surface area (TPSA) is 77.1 Å². The maximum absolute atomic E-state index is 14.0. The second-order valence-corrected chi connectivity index (χ2v) is 9.46. The predicted octanol–water partition coefficient (Wildman–Crippen LogP) is 6.69. The van der Waals surface area contributed by atoms with Crippen molar-refractivity contribution in [1.29, 1.82) is 0 Å². The first-order valence-electron chi connectivity index (χ1n) is 11.7. The van der Waals surface area contributed by atoms with Gasteiger partial charge in [-0.25, -0.2) is 9.50 Å². The molecule has 2 aromatic carbocycles. The third kappa shape index (κ3) is 5.12. The van der Waals surface area contributed by atoms with E-state index < -0.39 is 17.8 Å². The van der Waals surface area contributed by atoms with E-state index in [1.54, 1.807) is 23.0 Å². The minimum absolute atomic E-state index is 0.0693. The Bertz CT molecular complexity index is 1610. The van der Waals surface area contributed by atoms with E-state index in [4.69, 9.17) is 11.6 Å². The fourth-order valence-electron chi connectivity index (χ4n) is 4.02. The van der Waals surface area contributed by atoms with E-state index in [0.29, 0.717) is 16.6 Å². The van der Waals surface area contributed by atoms with Gasteiger partial charge in [0.25, 0.3) is 5.91 Å². The third-order valence-corrected chi connectivity index (χ3v) is 6.29. The Morgan fingerprint density at radius 2 is 1.79 bits per heavy atom. The van der Waals surface area contributed by atoms with Crippen molar-refractivity contribution >= 4 is 29.0 Å². The first kappa shape index (κ1) is 25.5. The molecule has 0 atom stereocenters. The molecule has 0 spiro atoms. The molecule has 0 aliphatic carbocycles. The van der Waals surface area contributed by atoms with Gasteiger partial charge in [0.05, 0.1) is 18.4 Å². The molecule has 1 N–H and O–H groups in total. The molecule has 1 amide bonds. The van der Waals surface area contributed by atoms with Crippen molar-refractivity contribution in [3.8, 4) is 11.3 Å². The molecule has 0 aliphatic heterocycles. The van der Waals surface area contributed by atoms with Crippen LogP contribution in [0, 0.1) is 0 Å². The lowest BCUT2D eigenvalue weighted by molar-refractivity contribution is -0.142. The van der Waals surface area contributed by atoms with Gasteiger partial charge in [0.2, 0.25) is 0 Å². The second kappa shape index (κ2) is 9.94. The van der Waals surface area contributed by atoms with Crippen molar-refractivity contribution in [2.75, 3.05) is 5.32 Å². The molecule has 0 saturated carbocycles. The smallest absolute Gasteiger partial charge is 0.304 e. The number of nitrogens with one attached hydrogen (secondary N) is 1. The lowest BCUT2D eigenvalue weighted by atomic mass is 10.0. The molecule has 3 heterocycles. The number of anilines is 1. The predicted molar refractivity (Wildman–Crippen MR) is 138 cm³/mol. The number of carbonyl (C=O) groups is 1. The monoisotopic (exact) mass is 538 g/mol. The van der Waals surface area contributed by atoms with Crippen molar-refractivity contribution in [3.05, 3.63) is 100 Å². The summed E-state index contributed by atoms with van der Waals surface area (Å²) in [6, 6.07) is 17.6. The number of alkyl halides is 3. The quantitative estimate of drug-likeness (QED) is 0.261. The van der Waals surface area contributed by atoms with Crippen LogP contribution in [0.4, 0.5) is 19.0 Å². The number of carbonyl (C=O) groups excluding carboxylic acids is 1. The van der Waals surface area contributed by atoms with E-state index in [1.807, 2.05) is 56.3 Å². The van der Waals surface area contributed by atoms with Crippen LogP contribution in [0.1, 0.15) is 46.9 Å². The molecule has 0 aliphatic rings. The number of aromatic nitrogens is 5. The van der Waals surface area contributed by atoms with Crippen molar-refractivity contribution in [3.63, 3.8) is 0 Å². The Morgan fingerprint density at radius 1 is 1.08 bits per heavy atom. The fraction of sp³-hybridized carbons (Fsp3) is 0.185. The fourth-order valence-corrected chi connectivity index (χ4v) is 4.22. The van der Waals surface area contributed by atoms with Crippen molar-refractivity contribution in [1.82, 2.24) is 24.4 Å². The number of fused-ring (bicyclic) bond motifs is 1. The van der Waals surface area contributed by atoms with Gasteiger partial charge in [0, 0.05) is 11.8 Å². The van der Waals surface area contributed by atoms with Crippen molar-refractivity contribution in [2.45, 2.75) is 32.5 Å². The molecule has 0 bridgehead atoms. The summed E-state index contributed by atoms with van der Waals surface area (Å²) >= 11 is 6.28. The lowest BCUT2D eigenvalue weighted by Gasteiger charge is -2.12. The van der Waals surface area contributed by atoms with Crippen LogP contribution >= 0.6 is 11.6 Å². The van der Waals surface area contributed by atoms with Gasteiger partial charge < -0.3 is 5.32 Å². The zero-order valence-corrected chi connectivity index (χ0v) is 21.1. The average molecular weight is 539 g/mol. The summed E-state index contributed by atoms with van der Waals surface area (Å²) in [4.78, 5) is 17.5. The molecule has 0 unspecified atom stereocenters. The van der Waals surface area contributed by atoms with Gasteiger partial charge >= 0.3 is 6.18 Å². The van der Waals surface area contributed by atoms with Crippen LogP contribution in [-0.2, 0) is 12.7 Å².